The van der Waals surface area contributed by atoms with Gasteiger partial charge in [0, 0.05) is 13.1 Å². The molecular formula is C19H23N3O4. The molecule has 3 atom stereocenters. The van der Waals surface area contributed by atoms with Gasteiger partial charge >= 0.3 is 11.7 Å². The normalized spacial score (nSPS) is 25.0. The number of para-hydroxylation sites is 2. The summed E-state index contributed by atoms with van der Waals surface area (Å²) in [4.78, 5) is 38.9. The fourth-order valence-corrected chi connectivity index (χ4v) is 4.84. The maximum atomic E-state index is 12.9. The van der Waals surface area contributed by atoms with Crippen LogP contribution in [-0.4, -0.2) is 43.6 Å². The summed E-state index contributed by atoms with van der Waals surface area (Å²) in [5.74, 6) is -0.900. The van der Waals surface area contributed by atoms with Crippen molar-refractivity contribution < 1.29 is 14.7 Å². The summed E-state index contributed by atoms with van der Waals surface area (Å²) in [6, 6.07) is 6.63. The molecule has 2 heterocycles. The number of carbonyl (C=O) groups excluding carboxylic acids is 1. The van der Waals surface area contributed by atoms with Gasteiger partial charge in [-0.1, -0.05) is 18.6 Å². The van der Waals surface area contributed by atoms with E-state index in [9.17, 15) is 19.5 Å². The quantitative estimate of drug-likeness (QED) is 0.899. The van der Waals surface area contributed by atoms with Crippen molar-refractivity contribution in [3.8, 4) is 0 Å². The van der Waals surface area contributed by atoms with Crippen molar-refractivity contribution in [2.24, 2.45) is 11.8 Å². The van der Waals surface area contributed by atoms with Crippen LogP contribution in [0.1, 0.15) is 26.2 Å². The Morgan fingerprint density at radius 1 is 1.15 bits per heavy atom. The van der Waals surface area contributed by atoms with Gasteiger partial charge in [-0.15, -0.1) is 0 Å². The lowest BCUT2D eigenvalue weighted by Crippen LogP contribution is -2.45. The SMILES string of the molecule is CCn1c(=O)n(CC(=O)N2CC3CCCC3C2C(=O)O)c2ccccc21. The van der Waals surface area contributed by atoms with E-state index in [1.807, 2.05) is 31.2 Å². The first kappa shape index (κ1) is 16.9. The van der Waals surface area contributed by atoms with Crippen molar-refractivity contribution in [1.29, 1.82) is 0 Å². The molecule has 2 fully saturated rings. The van der Waals surface area contributed by atoms with E-state index < -0.39 is 12.0 Å². The molecule has 1 aliphatic carbocycles. The van der Waals surface area contributed by atoms with E-state index in [1.54, 1.807) is 4.57 Å². The van der Waals surface area contributed by atoms with Crippen LogP contribution in [0.5, 0.6) is 0 Å². The van der Waals surface area contributed by atoms with Gasteiger partial charge in [-0.25, -0.2) is 9.59 Å². The van der Waals surface area contributed by atoms with E-state index in [0.717, 1.165) is 24.8 Å². The Bertz CT molecular complexity index is 928. The monoisotopic (exact) mass is 357 g/mol. The number of aryl methyl sites for hydroxylation is 1. The second-order valence-corrected chi connectivity index (χ2v) is 7.29. The molecule has 4 rings (SSSR count). The Morgan fingerprint density at radius 3 is 2.50 bits per heavy atom. The zero-order chi connectivity index (χ0) is 18.4. The molecule has 0 radical (unpaired) electrons. The molecule has 2 aliphatic rings. The van der Waals surface area contributed by atoms with E-state index in [-0.39, 0.29) is 30.0 Å². The summed E-state index contributed by atoms with van der Waals surface area (Å²) < 4.78 is 3.10. The highest BCUT2D eigenvalue weighted by atomic mass is 16.4. The molecule has 1 aliphatic heterocycles. The highest BCUT2D eigenvalue weighted by molar-refractivity contribution is 5.86. The van der Waals surface area contributed by atoms with Crippen molar-refractivity contribution in [2.75, 3.05) is 6.54 Å². The van der Waals surface area contributed by atoms with Gasteiger partial charge in [0.1, 0.15) is 12.6 Å². The van der Waals surface area contributed by atoms with Gasteiger partial charge in [0.25, 0.3) is 0 Å². The van der Waals surface area contributed by atoms with E-state index in [0.29, 0.717) is 18.6 Å². The average molecular weight is 357 g/mol. The van der Waals surface area contributed by atoms with Crippen molar-refractivity contribution in [3.05, 3.63) is 34.7 Å². The third kappa shape index (κ3) is 2.45. The Hall–Kier alpha value is -2.57. The van der Waals surface area contributed by atoms with Gasteiger partial charge < -0.3 is 10.0 Å². The topological polar surface area (TPSA) is 84.5 Å². The van der Waals surface area contributed by atoms with E-state index in [2.05, 4.69) is 0 Å². The number of likely N-dealkylation sites (tertiary alicyclic amines) is 1. The first-order valence-corrected chi connectivity index (χ1v) is 9.23. The Morgan fingerprint density at radius 2 is 1.85 bits per heavy atom. The molecule has 0 bridgehead atoms. The van der Waals surface area contributed by atoms with Crippen LogP contribution in [0, 0.1) is 11.8 Å². The number of hydrogen-bond donors (Lipinski definition) is 1. The highest BCUT2D eigenvalue weighted by Crippen LogP contribution is 2.42. The molecule has 1 aromatic carbocycles. The van der Waals surface area contributed by atoms with Gasteiger partial charge in [-0.05, 0) is 43.7 Å². The molecule has 2 aromatic rings. The molecule has 0 spiro atoms. The van der Waals surface area contributed by atoms with Crippen molar-refractivity contribution >= 4 is 22.9 Å². The van der Waals surface area contributed by atoms with Crippen LogP contribution in [0.15, 0.2) is 29.1 Å². The maximum Gasteiger partial charge on any atom is 0.329 e. The number of imidazole rings is 1. The minimum Gasteiger partial charge on any atom is -0.480 e. The maximum absolute atomic E-state index is 12.9. The standard InChI is InChI=1S/C19H23N3O4/c1-2-20-14-8-3-4-9-15(14)21(19(20)26)11-16(23)22-10-12-6-5-7-13(12)17(22)18(24)25/h3-4,8-9,12-13,17H,2,5-7,10-11H2,1H3,(H,24,25). The van der Waals surface area contributed by atoms with E-state index >= 15 is 0 Å². The van der Waals surface area contributed by atoms with Crippen LogP contribution in [0.3, 0.4) is 0 Å². The summed E-state index contributed by atoms with van der Waals surface area (Å²) in [5.41, 5.74) is 1.27. The highest BCUT2D eigenvalue weighted by Gasteiger charge is 2.49. The number of hydrogen-bond acceptors (Lipinski definition) is 3. The van der Waals surface area contributed by atoms with Crippen LogP contribution in [0.25, 0.3) is 11.0 Å². The van der Waals surface area contributed by atoms with Crippen LogP contribution < -0.4 is 5.69 Å². The minimum atomic E-state index is -0.934. The number of carbonyl (C=O) groups is 2. The molecule has 7 heteroatoms. The van der Waals surface area contributed by atoms with Crippen LogP contribution in [0.4, 0.5) is 0 Å². The Labute approximate surface area is 150 Å². The molecule has 1 amide bonds. The summed E-state index contributed by atoms with van der Waals surface area (Å²) in [6.45, 7) is 2.78. The molecule has 1 N–H and O–H groups in total. The van der Waals surface area contributed by atoms with Crippen molar-refractivity contribution in [3.63, 3.8) is 0 Å². The van der Waals surface area contributed by atoms with E-state index in [4.69, 9.17) is 0 Å². The number of aliphatic carboxylic acids is 1. The lowest BCUT2D eigenvalue weighted by Gasteiger charge is -2.24. The minimum absolute atomic E-state index is 0.0464. The fraction of sp³-hybridized carbons (Fsp3) is 0.526. The van der Waals surface area contributed by atoms with Crippen molar-refractivity contribution in [2.45, 2.75) is 45.3 Å². The summed E-state index contributed by atoms with van der Waals surface area (Å²) in [7, 11) is 0. The number of carboxylic acids is 1. The fourth-order valence-electron chi connectivity index (χ4n) is 4.84. The van der Waals surface area contributed by atoms with Crippen LogP contribution in [0.2, 0.25) is 0 Å². The van der Waals surface area contributed by atoms with E-state index in [1.165, 1.54) is 9.47 Å². The molecule has 7 nitrogen and oxygen atoms in total. The smallest absolute Gasteiger partial charge is 0.329 e. The number of rotatable bonds is 4. The summed E-state index contributed by atoms with van der Waals surface area (Å²) >= 11 is 0. The molecular weight excluding hydrogens is 334 g/mol. The van der Waals surface area contributed by atoms with Crippen LogP contribution >= 0.6 is 0 Å². The molecule has 26 heavy (non-hydrogen) atoms. The predicted molar refractivity (Wildman–Crippen MR) is 95.8 cm³/mol. The zero-order valence-corrected chi connectivity index (χ0v) is 14.8. The Balaban J connectivity index is 1.67. The van der Waals surface area contributed by atoms with Gasteiger partial charge in [0.05, 0.1) is 11.0 Å². The number of carboxylic acid groups (broad SMARTS) is 1. The summed E-state index contributed by atoms with van der Waals surface area (Å²) in [5, 5.41) is 9.65. The number of nitrogens with zero attached hydrogens (tertiary/aromatic N) is 3. The third-order valence-corrected chi connectivity index (χ3v) is 6.00. The third-order valence-electron chi connectivity index (χ3n) is 6.00. The number of fused-ring (bicyclic) bond motifs is 2. The lowest BCUT2D eigenvalue weighted by atomic mass is 9.94. The van der Waals surface area contributed by atoms with Gasteiger partial charge in [0.2, 0.25) is 5.91 Å². The van der Waals surface area contributed by atoms with Gasteiger partial charge in [-0.3, -0.25) is 13.9 Å². The average Bonchev–Trinajstić information content (AvgIpc) is 3.27. The lowest BCUT2D eigenvalue weighted by molar-refractivity contribution is -0.149. The molecule has 1 aromatic heterocycles. The second kappa shape index (κ2) is 6.30. The van der Waals surface area contributed by atoms with Gasteiger partial charge in [0.15, 0.2) is 0 Å². The molecule has 1 saturated heterocycles. The molecule has 3 unspecified atom stereocenters. The van der Waals surface area contributed by atoms with Crippen molar-refractivity contribution in [1.82, 2.24) is 14.0 Å². The molecule has 1 saturated carbocycles. The first-order chi connectivity index (χ1) is 12.5. The first-order valence-electron chi connectivity index (χ1n) is 9.23. The zero-order valence-electron chi connectivity index (χ0n) is 14.8. The summed E-state index contributed by atoms with van der Waals surface area (Å²) in [6.07, 6.45) is 2.87. The predicted octanol–water partition coefficient (Wildman–Crippen LogP) is 1.53. The number of aromatic nitrogens is 2. The van der Waals surface area contributed by atoms with Gasteiger partial charge in [-0.2, -0.15) is 0 Å². The largest absolute Gasteiger partial charge is 0.480 e. The number of amides is 1. The second-order valence-electron chi connectivity index (χ2n) is 7.29. The Kier molecular flexibility index (Phi) is 4.09. The number of benzene rings is 1. The van der Waals surface area contributed by atoms with Crippen LogP contribution in [-0.2, 0) is 22.7 Å². The molecule has 138 valence electrons.